The van der Waals surface area contributed by atoms with Crippen LogP contribution in [0.3, 0.4) is 0 Å². The monoisotopic (exact) mass is 282 g/mol. The van der Waals surface area contributed by atoms with Crippen molar-refractivity contribution in [1.82, 2.24) is 10.2 Å². The molecule has 2 aliphatic rings. The number of hydrogen-bond donors (Lipinski definition) is 1. The number of rotatable bonds is 8. The van der Waals surface area contributed by atoms with Gasteiger partial charge in [-0.2, -0.15) is 0 Å². The number of nitrogens with zero attached hydrogens (tertiary/aromatic N) is 1. The van der Waals surface area contributed by atoms with Gasteiger partial charge in [0, 0.05) is 25.7 Å². The maximum atomic E-state index is 5.75. The first-order chi connectivity index (χ1) is 9.53. The van der Waals surface area contributed by atoms with Crippen molar-refractivity contribution in [3.63, 3.8) is 0 Å². The maximum absolute atomic E-state index is 5.75. The Labute approximate surface area is 125 Å². The highest BCUT2D eigenvalue weighted by atomic mass is 16.5. The van der Waals surface area contributed by atoms with E-state index in [0.29, 0.717) is 11.5 Å². The average Bonchev–Trinajstić information content (AvgIpc) is 3.18. The van der Waals surface area contributed by atoms with Crippen LogP contribution in [0.2, 0.25) is 0 Å². The summed E-state index contributed by atoms with van der Waals surface area (Å²) in [4.78, 5) is 2.46. The molecule has 0 saturated heterocycles. The van der Waals surface area contributed by atoms with E-state index < -0.39 is 0 Å². The fourth-order valence-corrected chi connectivity index (χ4v) is 3.85. The third-order valence-electron chi connectivity index (χ3n) is 5.23. The highest BCUT2D eigenvalue weighted by molar-refractivity contribution is 4.93. The van der Waals surface area contributed by atoms with Crippen LogP contribution in [-0.4, -0.2) is 51.3 Å². The second kappa shape index (κ2) is 7.24. The summed E-state index contributed by atoms with van der Waals surface area (Å²) in [6, 6.07) is 0.645. The topological polar surface area (TPSA) is 24.5 Å². The largest absolute Gasteiger partial charge is 0.380 e. The molecule has 118 valence electrons. The summed E-state index contributed by atoms with van der Waals surface area (Å²) < 4.78 is 5.75. The van der Waals surface area contributed by atoms with Crippen molar-refractivity contribution < 1.29 is 4.74 Å². The Hall–Kier alpha value is -0.120. The predicted molar refractivity (Wildman–Crippen MR) is 85.0 cm³/mol. The van der Waals surface area contributed by atoms with Gasteiger partial charge in [0.2, 0.25) is 0 Å². The van der Waals surface area contributed by atoms with Crippen molar-refractivity contribution in [1.29, 1.82) is 0 Å². The normalized spacial score (nSPS) is 29.9. The lowest BCUT2D eigenvalue weighted by molar-refractivity contribution is 0.0690. The third kappa shape index (κ3) is 4.71. The van der Waals surface area contributed by atoms with Gasteiger partial charge in [0.1, 0.15) is 0 Å². The minimum absolute atomic E-state index is 0.432. The zero-order chi connectivity index (χ0) is 14.6. The molecule has 0 amide bonds. The van der Waals surface area contributed by atoms with Gasteiger partial charge in [-0.3, -0.25) is 0 Å². The van der Waals surface area contributed by atoms with Crippen LogP contribution in [-0.2, 0) is 4.74 Å². The molecule has 2 fully saturated rings. The average molecular weight is 282 g/mol. The third-order valence-corrected chi connectivity index (χ3v) is 5.23. The second-order valence-corrected chi connectivity index (χ2v) is 7.69. The zero-order valence-electron chi connectivity index (χ0n) is 14.0. The molecule has 20 heavy (non-hydrogen) atoms. The Morgan fingerprint density at radius 3 is 2.65 bits per heavy atom. The molecule has 0 spiro atoms. The Morgan fingerprint density at radius 2 is 2.00 bits per heavy atom. The smallest absolute Gasteiger partial charge is 0.0593 e. The first kappa shape index (κ1) is 16.3. The van der Waals surface area contributed by atoms with Crippen LogP contribution in [0.1, 0.15) is 46.0 Å². The minimum Gasteiger partial charge on any atom is -0.380 e. The van der Waals surface area contributed by atoms with Crippen molar-refractivity contribution in [2.75, 3.05) is 40.4 Å². The molecule has 3 nitrogen and oxygen atoms in total. The van der Waals surface area contributed by atoms with Crippen LogP contribution in [0.5, 0.6) is 0 Å². The molecule has 2 saturated carbocycles. The van der Waals surface area contributed by atoms with E-state index in [1.807, 2.05) is 0 Å². The fourth-order valence-electron chi connectivity index (χ4n) is 3.85. The van der Waals surface area contributed by atoms with Gasteiger partial charge in [0.15, 0.2) is 0 Å². The lowest BCUT2D eigenvalue weighted by atomic mass is 9.68. The van der Waals surface area contributed by atoms with Crippen LogP contribution < -0.4 is 5.32 Å². The van der Waals surface area contributed by atoms with E-state index in [9.17, 15) is 0 Å². The molecule has 2 unspecified atom stereocenters. The van der Waals surface area contributed by atoms with Gasteiger partial charge < -0.3 is 15.0 Å². The SMILES string of the molecule is CNC1C(CN(C)CCOCC2CC2)CCCC1(C)C. The summed E-state index contributed by atoms with van der Waals surface area (Å²) in [5.74, 6) is 1.66. The molecular weight excluding hydrogens is 248 g/mol. The van der Waals surface area contributed by atoms with Gasteiger partial charge in [-0.05, 0) is 57.0 Å². The Kier molecular flexibility index (Phi) is 5.88. The molecular formula is C17H34N2O. The maximum Gasteiger partial charge on any atom is 0.0593 e. The summed E-state index contributed by atoms with van der Waals surface area (Å²) in [6.07, 6.45) is 6.86. The van der Waals surface area contributed by atoms with E-state index >= 15 is 0 Å². The number of ether oxygens (including phenoxy) is 1. The lowest BCUT2D eigenvalue weighted by Gasteiger charge is -2.45. The molecule has 2 atom stereocenters. The highest BCUT2D eigenvalue weighted by Crippen LogP contribution is 2.39. The molecule has 0 aromatic carbocycles. The Balaban J connectivity index is 1.69. The standard InChI is InChI=1S/C17H34N2O/c1-17(2)9-5-6-15(16(17)18-3)12-19(4)10-11-20-13-14-7-8-14/h14-16,18H,5-13H2,1-4H3. The summed E-state index contributed by atoms with van der Waals surface area (Å²) >= 11 is 0. The molecule has 0 aromatic heterocycles. The van der Waals surface area contributed by atoms with E-state index in [2.05, 4.69) is 38.2 Å². The predicted octanol–water partition coefficient (Wildman–Crippen LogP) is 2.76. The molecule has 0 bridgehead atoms. The number of nitrogens with one attached hydrogen (secondary N) is 1. The van der Waals surface area contributed by atoms with Gasteiger partial charge in [0.25, 0.3) is 0 Å². The van der Waals surface area contributed by atoms with Crippen molar-refractivity contribution >= 4 is 0 Å². The van der Waals surface area contributed by atoms with Crippen LogP contribution >= 0.6 is 0 Å². The molecule has 0 aromatic rings. The lowest BCUT2D eigenvalue weighted by Crippen LogP contribution is -2.51. The van der Waals surface area contributed by atoms with Crippen LogP contribution in [0.25, 0.3) is 0 Å². The van der Waals surface area contributed by atoms with Gasteiger partial charge in [-0.1, -0.05) is 20.3 Å². The highest BCUT2D eigenvalue weighted by Gasteiger charge is 2.38. The van der Waals surface area contributed by atoms with Gasteiger partial charge in [-0.25, -0.2) is 0 Å². The molecule has 2 aliphatic carbocycles. The van der Waals surface area contributed by atoms with E-state index in [1.54, 1.807) is 0 Å². The van der Waals surface area contributed by atoms with Gasteiger partial charge in [-0.15, -0.1) is 0 Å². The molecule has 0 aliphatic heterocycles. The molecule has 3 heteroatoms. The van der Waals surface area contributed by atoms with Crippen molar-refractivity contribution in [3.8, 4) is 0 Å². The zero-order valence-corrected chi connectivity index (χ0v) is 14.0. The summed E-state index contributed by atoms with van der Waals surface area (Å²) in [7, 11) is 4.37. The van der Waals surface area contributed by atoms with Gasteiger partial charge >= 0.3 is 0 Å². The first-order valence-electron chi connectivity index (χ1n) is 8.46. The van der Waals surface area contributed by atoms with Crippen LogP contribution in [0.4, 0.5) is 0 Å². The Morgan fingerprint density at radius 1 is 1.25 bits per heavy atom. The number of hydrogen-bond acceptors (Lipinski definition) is 3. The van der Waals surface area contributed by atoms with Crippen LogP contribution in [0, 0.1) is 17.3 Å². The van der Waals surface area contributed by atoms with E-state index in [1.165, 1.54) is 38.6 Å². The quantitative estimate of drug-likeness (QED) is 0.693. The van der Waals surface area contributed by atoms with Crippen molar-refractivity contribution in [2.45, 2.75) is 52.0 Å². The van der Waals surface area contributed by atoms with Crippen LogP contribution in [0.15, 0.2) is 0 Å². The number of likely N-dealkylation sites (N-methyl/N-ethyl adjacent to an activating group) is 1. The first-order valence-corrected chi connectivity index (χ1v) is 8.46. The fraction of sp³-hybridized carbons (Fsp3) is 1.00. The molecule has 2 rings (SSSR count). The van der Waals surface area contributed by atoms with E-state index in [0.717, 1.165) is 31.6 Å². The summed E-state index contributed by atoms with van der Waals surface area (Å²) in [5.41, 5.74) is 0.432. The minimum atomic E-state index is 0.432. The molecule has 1 N–H and O–H groups in total. The van der Waals surface area contributed by atoms with Crippen molar-refractivity contribution in [2.24, 2.45) is 17.3 Å². The molecule has 0 heterocycles. The van der Waals surface area contributed by atoms with E-state index in [-0.39, 0.29) is 0 Å². The molecule has 0 radical (unpaired) electrons. The summed E-state index contributed by atoms with van der Waals surface area (Å²) in [5, 5.41) is 3.58. The summed E-state index contributed by atoms with van der Waals surface area (Å²) in [6.45, 7) is 8.98. The van der Waals surface area contributed by atoms with E-state index in [4.69, 9.17) is 4.74 Å². The second-order valence-electron chi connectivity index (χ2n) is 7.69. The van der Waals surface area contributed by atoms with Gasteiger partial charge in [0.05, 0.1) is 6.61 Å². The van der Waals surface area contributed by atoms with Crippen molar-refractivity contribution in [3.05, 3.63) is 0 Å². The Bertz CT molecular complexity index is 289.